The first kappa shape index (κ1) is 31.3. The van der Waals surface area contributed by atoms with E-state index in [0.717, 1.165) is 5.69 Å². The Hall–Kier alpha value is -7.22. The van der Waals surface area contributed by atoms with Crippen molar-refractivity contribution in [2.24, 2.45) is 0 Å². The molecule has 10 aromatic carbocycles. The van der Waals surface area contributed by atoms with Gasteiger partial charge in [0.15, 0.2) is 0 Å². The molecule has 55 heavy (non-hydrogen) atoms. The van der Waals surface area contributed by atoms with Gasteiger partial charge in [-0.25, -0.2) is 0 Å². The number of fused-ring (bicyclic) bond motifs is 6. The van der Waals surface area contributed by atoms with E-state index in [4.69, 9.17) is 0 Å². The fourth-order valence-corrected chi connectivity index (χ4v) is 8.79. The van der Waals surface area contributed by atoms with Crippen LogP contribution in [0.15, 0.2) is 212 Å². The van der Waals surface area contributed by atoms with Crippen molar-refractivity contribution in [3.8, 4) is 50.2 Å². The zero-order valence-corrected chi connectivity index (χ0v) is 30.2. The van der Waals surface area contributed by atoms with Crippen molar-refractivity contribution in [2.45, 2.75) is 0 Å². The van der Waals surface area contributed by atoms with Crippen LogP contribution in [0.2, 0.25) is 0 Å². The zero-order valence-electron chi connectivity index (χ0n) is 30.2. The molecule has 0 unspecified atom stereocenters. The molecule has 0 aliphatic carbocycles. The van der Waals surface area contributed by atoms with Gasteiger partial charge in [0, 0.05) is 16.5 Å². The Morgan fingerprint density at radius 3 is 1.33 bits per heavy atom. The predicted molar refractivity (Wildman–Crippen MR) is 235 cm³/mol. The summed E-state index contributed by atoms with van der Waals surface area (Å²) in [7, 11) is 0. The summed E-state index contributed by atoms with van der Waals surface area (Å²) in [4.78, 5) is 0. The van der Waals surface area contributed by atoms with Crippen LogP contribution < -0.4 is 0 Å². The molecular formula is C54H35N. The lowest BCUT2D eigenvalue weighted by atomic mass is 9.86. The van der Waals surface area contributed by atoms with E-state index in [1.165, 1.54) is 98.6 Å². The summed E-state index contributed by atoms with van der Waals surface area (Å²) in [5, 5.41) is 10.1. The summed E-state index contributed by atoms with van der Waals surface area (Å²) in [5.74, 6) is 0. The van der Waals surface area contributed by atoms with E-state index in [1.54, 1.807) is 0 Å². The van der Waals surface area contributed by atoms with Crippen molar-refractivity contribution in [3.05, 3.63) is 212 Å². The third kappa shape index (κ3) is 5.16. The van der Waals surface area contributed by atoms with Crippen LogP contribution in [0.4, 0.5) is 0 Å². The van der Waals surface area contributed by atoms with Crippen molar-refractivity contribution < 1.29 is 0 Å². The van der Waals surface area contributed by atoms with Crippen molar-refractivity contribution in [1.29, 1.82) is 0 Å². The number of hydrogen-bond donors (Lipinski definition) is 0. The van der Waals surface area contributed by atoms with Crippen LogP contribution in [0, 0.1) is 0 Å². The van der Waals surface area contributed by atoms with Crippen LogP contribution in [0.25, 0.3) is 104 Å². The monoisotopic (exact) mass is 697 g/mol. The molecule has 0 radical (unpaired) electrons. The lowest BCUT2D eigenvalue weighted by Gasteiger charge is -2.18. The number of benzene rings is 10. The van der Waals surface area contributed by atoms with Gasteiger partial charge in [0.2, 0.25) is 0 Å². The molecule has 0 aliphatic rings. The Morgan fingerprint density at radius 2 is 0.673 bits per heavy atom. The molecule has 0 saturated heterocycles. The summed E-state index contributed by atoms with van der Waals surface area (Å²) < 4.78 is 2.40. The Labute approximate surface area is 320 Å². The van der Waals surface area contributed by atoms with Crippen LogP contribution in [-0.4, -0.2) is 4.57 Å². The molecule has 1 heterocycles. The van der Waals surface area contributed by atoms with Crippen molar-refractivity contribution in [3.63, 3.8) is 0 Å². The van der Waals surface area contributed by atoms with Crippen LogP contribution in [0.3, 0.4) is 0 Å². The van der Waals surface area contributed by atoms with Crippen molar-refractivity contribution in [1.82, 2.24) is 4.57 Å². The molecule has 0 bridgehead atoms. The SMILES string of the molecule is c1ccc(-c2c3ccccc3c(-c3ccc(-c4ccc(-n5c6ccccc6c6cc(-c7ccc8ccccc8c7)ccc65)cc4)cc3)c3ccccc23)cc1. The van der Waals surface area contributed by atoms with E-state index in [-0.39, 0.29) is 0 Å². The maximum Gasteiger partial charge on any atom is 0.0541 e. The topological polar surface area (TPSA) is 4.93 Å². The maximum atomic E-state index is 2.40. The molecule has 0 N–H and O–H groups in total. The summed E-state index contributed by atoms with van der Waals surface area (Å²) in [6.07, 6.45) is 0. The summed E-state index contributed by atoms with van der Waals surface area (Å²) >= 11 is 0. The smallest absolute Gasteiger partial charge is 0.0541 e. The Morgan fingerprint density at radius 1 is 0.236 bits per heavy atom. The zero-order chi connectivity index (χ0) is 36.3. The van der Waals surface area contributed by atoms with Crippen LogP contribution in [0.5, 0.6) is 0 Å². The van der Waals surface area contributed by atoms with E-state index in [9.17, 15) is 0 Å². The number of para-hydroxylation sites is 1. The highest BCUT2D eigenvalue weighted by Gasteiger charge is 2.17. The van der Waals surface area contributed by atoms with Crippen molar-refractivity contribution >= 4 is 54.1 Å². The summed E-state index contributed by atoms with van der Waals surface area (Å²) in [6, 6.07) is 77.7. The number of nitrogens with zero attached hydrogens (tertiary/aromatic N) is 1. The summed E-state index contributed by atoms with van der Waals surface area (Å²) in [6.45, 7) is 0. The highest BCUT2D eigenvalue weighted by Crippen LogP contribution is 2.44. The molecule has 0 saturated carbocycles. The molecule has 0 atom stereocenters. The molecule has 1 heteroatoms. The number of hydrogen-bond acceptors (Lipinski definition) is 0. The largest absolute Gasteiger partial charge is 0.309 e. The van der Waals surface area contributed by atoms with Crippen LogP contribution >= 0.6 is 0 Å². The molecule has 11 aromatic rings. The normalized spacial score (nSPS) is 11.6. The first-order valence-electron chi connectivity index (χ1n) is 19.0. The van der Waals surface area contributed by atoms with E-state index in [0.29, 0.717) is 0 Å². The second kappa shape index (κ2) is 12.7. The van der Waals surface area contributed by atoms with E-state index in [2.05, 4.69) is 217 Å². The third-order valence-electron chi connectivity index (χ3n) is 11.4. The highest BCUT2D eigenvalue weighted by atomic mass is 15.0. The molecule has 0 spiro atoms. The van der Waals surface area contributed by atoms with Gasteiger partial charge in [0.05, 0.1) is 11.0 Å². The molecular weight excluding hydrogens is 663 g/mol. The highest BCUT2D eigenvalue weighted by molar-refractivity contribution is 6.21. The fourth-order valence-electron chi connectivity index (χ4n) is 8.79. The minimum Gasteiger partial charge on any atom is -0.309 e. The average molecular weight is 698 g/mol. The van der Waals surface area contributed by atoms with E-state index >= 15 is 0 Å². The second-order valence-electron chi connectivity index (χ2n) is 14.5. The number of rotatable bonds is 5. The lowest BCUT2D eigenvalue weighted by molar-refractivity contribution is 1.18. The Bertz CT molecular complexity index is 3170. The van der Waals surface area contributed by atoms with Gasteiger partial charge in [-0.05, 0) is 113 Å². The predicted octanol–water partition coefficient (Wildman–Crippen LogP) is 14.9. The van der Waals surface area contributed by atoms with Gasteiger partial charge in [-0.2, -0.15) is 0 Å². The van der Waals surface area contributed by atoms with Gasteiger partial charge in [-0.1, -0.05) is 176 Å². The lowest BCUT2D eigenvalue weighted by Crippen LogP contribution is -1.94. The van der Waals surface area contributed by atoms with Gasteiger partial charge in [0.25, 0.3) is 0 Å². The molecule has 11 rings (SSSR count). The summed E-state index contributed by atoms with van der Waals surface area (Å²) in [5.41, 5.74) is 13.5. The molecule has 0 aliphatic heterocycles. The third-order valence-corrected chi connectivity index (χ3v) is 11.4. The molecule has 256 valence electrons. The van der Waals surface area contributed by atoms with Crippen LogP contribution in [-0.2, 0) is 0 Å². The van der Waals surface area contributed by atoms with Gasteiger partial charge in [0.1, 0.15) is 0 Å². The molecule has 1 nitrogen and oxygen atoms in total. The van der Waals surface area contributed by atoms with E-state index < -0.39 is 0 Å². The van der Waals surface area contributed by atoms with Gasteiger partial charge in [-0.15, -0.1) is 0 Å². The number of aromatic nitrogens is 1. The van der Waals surface area contributed by atoms with Crippen LogP contribution in [0.1, 0.15) is 0 Å². The Kier molecular flexibility index (Phi) is 7.25. The van der Waals surface area contributed by atoms with E-state index in [1.807, 2.05) is 0 Å². The molecule has 0 amide bonds. The van der Waals surface area contributed by atoms with Gasteiger partial charge < -0.3 is 4.57 Å². The minimum absolute atomic E-state index is 1.15. The first-order valence-corrected chi connectivity index (χ1v) is 19.0. The standard InChI is InChI=1S/C54H35N/c1-2-13-39(14-3-1)53-46-17-6-8-19-48(46)54(49-20-9-7-18-47(49)53)40-25-22-37(23-26-40)38-28-31-44(32-29-38)55-51-21-11-10-16-45(51)50-35-43(30-33-52(50)55)42-27-24-36-12-4-5-15-41(36)34-42/h1-35H. The molecule has 1 aromatic heterocycles. The second-order valence-corrected chi connectivity index (χ2v) is 14.5. The quantitative estimate of drug-likeness (QED) is 0.158. The minimum atomic E-state index is 1.15. The Balaban J connectivity index is 0.968. The maximum absolute atomic E-state index is 2.40. The van der Waals surface area contributed by atoms with Crippen molar-refractivity contribution in [2.75, 3.05) is 0 Å². The van der Waals surface area contributed by atoms with Gasteiger partial charge >= 0.3 is 0 Å². The average Bonchev–Trinajstić information content (AvgIpc) is 3.59. The fraction of sp³-hybridized carbons (Fsp3) is 0. The first-order chi connectivity index (χ1) is 27.3. The molecule has 0 fully saturated rings. The van der Waals surface area contributed by atoms with Gasteiger partial charge in [-0.3, -0.25) is 0 Å².